The lowest BCUT2D eigenvalue weighted by Crippen LogP contribution is -2.06. The van der Waals surface area contributed by atoms with E-state index in [4.69, 9.17) is 0 Å². The highest BCUT2D eigenvalue weighted by Crippen LogP contribution is 2.36. The summed E-state index contributed by atoms with van der Waals surface area (Å²) in [5.41, 5.74) is 4.53. The Bertz CT molecular complexity index is 689. The Kier molecular flexibility index (Phi) is 5.20. The molecule has 132 valence electrons. The standard InChI is InChI=1S/C24H29F/c25-24-17-22(15-16-23(24)21-9-5-2-6-10-21)20-13-11-19(12-14-20)18-7-3-1-4-8-18/h11-18,21H,1-10H2. The van der Waals surface area contributed by atoms with Crippen LogP contribution in [0.4, 0.5) is 4.39 Å². The van der Waals surface area contributed by atoms with Gasteiger partial charge in [0.25, 0.3) is 0 Å². The second kappa shape index (κ2) is 7.72. The van der Waals surface area contributed by atoms with E-state index in [1.54, 1.807) is 6.07 Å². The summed E-state index contributed by atoms with van der Waals surface area (Å²) in [5, 5.41) is 0. The van der Waals surface area contributed by atoms with Crippen LogP contribution >= 0.6 is 0 Å². The molecule has 2 fully saturated rings. The van der Waals surface area contributed by atoms with Gasteiger partial charge >= 0.3 is 0 Å². The summed E-state index contributed by atoms with van der Waals surface area (Å²) in [7, 11) is 0. The molecule has 0 aliphatic heterocycles. The molecule has 2 aliphatic rings. The molecule has 0 spiro atoms. The van der Waals surface area contributed by atoms with Crippen LogP contribution in [0.5, 0.6) is 0 Å². The third-order valence-corrected chi connectivity index (χ3v) is 6.37. The van der Waals surface area contributed by atoms with Gasteiger partial charge in [-0.2, -0.15) is 0 Å². The molecular formula is C24H29F. The zero-order valence-electron chi connectivity index (χ0n) is 15.1. The lowest BCUT2D eigenvalue weighted by molar-refractivity contribution is 0.430. The Labute approximate surface area is 151 Å². The summed E-state index contributed by atoms with van der Waals surface area (Å²) in [5.74, 6) is 1.14. The second-order valence-electron chi connectivity index (χ2n) is 8.03. The zero-order valence-corrected chi connectivity index (χ0v) is 15.1. The lowest BCUT2D eigenvalue weighted by atomic mass is 9.83. The van der Waals surface area contributed by atoms with E-state index in [2.05, 4.69) is 30.3 Å². The van der Waals surface area contributed by atoms with Gasteiger partial charge < -0.3 is 0 Å². The Hall–Kier alpha value is -1.63. The van der Waals surface area contributed by atoms with Crippen LogP contribution in [0.15, 0.2) is 42.5 Å². The average Bonchev–Trinajstić information content (AvgIpc) is 2.69. The summed E-state index contributed by atoms with van der Waals surface area (Å²) in [6, 6.07) is 14.8. The van der Waals surface area contributed by atoms with E-state index in [-0.39, 0.29) is 5.82 Å². The Morgan fingerprint density at radius 2 is 1.16 bits per heavy atom. The van der Waals surface area contributed by atoms with Crippen LogP contribution in [0.25, 0.3) is 11.1 Å². The molecule has 2 aromatic carbocycles. The predicted octanol–water partition coefficient (Wildman–Crippen LogP) is 7.59. The SMILES string of the molecule is Fc1cc(-c2ccc(C3CCCCC3)cc2)ccc1C1CCCCC1. The van der Waals surface area contributed by atoms with E-state index in [0.29, 0.717) is 5.92 Å². The molecule has 0 unspecified atom stereocenters. The zero-order chi connectivity index (χ0) is 17.1. The van der Waals surface area contributed by atoms with Crippen molar-refractivity contribution in [2.75, 3.05) is 0 Å². The van der Waals surface area contributed by atoms with Crippen molar-refractivity contribution in [2.45, 2.75) is 76.0 Å². The minimum Gasteiger partial charge on any atom is -0.207 e. The van der Waals surface area contributed by atoms with Crippen LogP contribution in [-0.2, 0) is 0 Å². The van der Waals surface area contributed by atoms with Crippen molar-refractivity contribution < 1.29 is 4.39 Å². The van der Waals surface area contributed by atoms with E-state index in [1.807, 2.05) is 6.07 Å². The average molecular weight is 336 g/mol. The summed E-state index contributed by atoms with van der Waals surface area (Å²) >= 11 is 0. The Morgan fingerprint density at radius 1 is 0.600 bits per heavy atom. The lowest BCUT2D eigenvalue weighted by Gasteiger charge is -2.23. The fraction of sp³-hybridized carbons (Fsp3) is 0.500. The topological polar surface area (TPSA) is 0 Å². The van der Waals surface area contributed by atoms with Crippen LogP contribution in [-0.4, -0.2) is 0 Å². The largest absolute Gasteiger partial charge is 0.207 e. The van der Waals surface area contributed by atoms with Gasteiger partial charge in [0.2, 0.25) is 0 Å². The molecule has 0 saturated heterocycles. The van der Waals surface area contributed by atoms with E-state index < -0.39 is 0 Å². The van der Waals surface area contributed by atoms with Gasteiger partial charge in [0.05, 0.1) is 0 Å². The summed E-state index contributed by atoms with van der Waals surface area (Å²) in [6.07, 6.45) is 12.8. The molecule has 1 heteroatoms. The van der Waals surface area contributed by atoms with E-state index in [0.717, 1.165) is 35.4 Å². The maximum atomic E-state index is 14.7. The molecule has 25 heavy (non-hydrogen) atoms. The van der Waals surface area contributed by atoms with Crippen molar-refractivity contribution in [3.8, 4) is 11.1 Å². The smallest absolute Gasteiger partial charge is 0.127 e. The van der Waals surface area contributed by atoms with Gasteiger partial charge in [-0.3, -0.25) is 0 Å². The highest BCUT2D eigenvalue weighted by Gasteiger charge is 2.19. The molecule has 0 atom stereocenters. The third-order valence-electron chi connectivity index (χ3n) is 6.37. The first-order valence-electron chi connectivity index (χ1n) is 10.2. The number of benzene rings is 2. The van der Waals surface area contributed by atoms with Gasteiger partial charge in [-0.1, -0.05) is 74.9 Å². The van der Waals surface area contributed by atoms with Crippen molar-refractivity contribution in [1.82, 2.24) is 0 Å². The highest BCUT2D eigenvalue weighted by molar-refractivity contribution is 5.64. The van der Waals surface area contributed by atoms with Gasteiger partial charge in [-0.15, -0.1) is 0 Å². The minimum absolute atomic E-state index is 0.0132. The quantitative estimate of drug-likeness (QED) is 0.541. The van der Waals surface area contributed by atoms with Gasteiger partial charge in [-0.25, -0.2) is 4.39 Å². The molecule has 2 saturated carbocycles. The van der Waals surface area contributed by atoms with E-state index in [1.165, 1.54) is 56.9 Å². The molecule has 0 N–H and O–H groups in total. The number of rotatable bonds is 3. The predicted molar refractivity (Wildman–Crippen MR) is 103 cm³/mol. The fourth-order valence-corrected chi connectivity index (χ4v) is 4.84. The van der Waals surface area contributed by atoms with Crippen molar-refractivity contribution in [3.63, 3.8) is 0 Å². The molecule has 0 bridgehead atoms. The molecule has 4 rings (SSSR count). The molecule has 0 aromatic heterocycles. The van der Waals surface area contributed by atoms with Gasteiger partial charge in [-0.05, 0) is 65.8 Å². The first kappa shape index (κ1) is 16.8. The van der Waals surface area contributed by atoms with Crippen LogP contribution in [0.2, 0.25) is 0 Å². The van der Waals surface area contributed by atoms with Crippen molar-refractivity contribution >= 4 is 0 Å². The Balaban J connectivity index is 1.52. The van der Waals surface area contributed by atoms with Crippen LogP contribution in [0, 0.1) is 5.82 Å². The van der Waals surface area contributed by atoms with Crippen molar-refractivity contribution in [1.29, 1.82) is 0 Å². The van der Waals surface area contributed by atoms with E-state index in [9.17, 15) is 4.39 Å². The van der Waals surface area contributed by atoms with Gasteiger partial charge in [0.15, 0.2) is 0 Å². The maximum absolute atomic E-state index is 14.7. The fourth-order valence-electron chi connectivity index (χ4n) is 4.84. The second-order valence-corrected chi connectivity index (χ2v) is 8.03. The molecule has 0 heterocycles. The van der Waals surface area contributed by atoms with Gasteiger partial charge in [0, 0.05) is 0 Å². The maximum Gasteiger partial charge on any atom is 0.127 e. The highest BCUT2D eigenvalue weighted by atomic mass is 19.1. The van der Waals surface area contributed by atoms with Crippen LogP contribution < -0.4 is 0 Å². The van der Waals surface area contributed by atoms with Crippen LogP contribution in [0.1, 0.15) is 87.2 Å². The van der Waals surface area contributed by atoms with Crippen molar-refractivity contribution in [3.05, 3.63) is 59.4 Å². The molecule has 0 amide bonds. The monoisotopic (exact) mass is 336 g/mol. The first-order valence-corrected chi connectivity index (χ1v) is 10.2. The molecular weight excluding hydrogens is 307 g/mol. The van der Waals surface area contributed by atoms with Crippen molar-refractivity contribution in [2.24, 2.45) is 0 Å². The van der Waals surface area contributed by atoms with Gasteiger partial charge in [0.1, 0.15) is 5.82 Å². The third kappa shape index (κ3) is 3.81. The van der Waals surface area contributed by atoms with E-state index >= 15 is 0 Å². The normalized spacial score (nSPS) is 19.9. The molecule has 0 nitrogen and oxygen atoms in total. The first-order chi connectivity index (χ1) is 12.3. The summed E-state index contributed by atoms with van der Waals surface area (Å²) in [4.78, 5) is 0. The number of hydrogen-bond acceptors (Lipinski definition) is 0. The minimum atomic E-state index is -0.0132. The number of hydrogen-bond donors (Lipinski definition) is 0. The Morgan fingerprint density at radius 3 is 1.76 bits per heavy atom. The summed E-state index contributed by atoms with van der Waals surface area (Å²) < 4.78 is 14.7. The molecule has 2 aromatic rings. The molecule has 0 radical (unpaired) electrons. The molecule has 2 aliphatic carbocycles. The van der Waals surface area contributed by atoms with Crippen LogP contribution in [0.3, 0.4) is 0 Å². The summed E-state index contributed by atoms with van der Waals surface area (Å²) in [6.45, 7) is 0. The number of halogens is 1.